The summed E-state index contributed by atoms with van der Waals surface area (Å²) in [6.07, 6.45) is 4.33. The number of piperazine rings is 1. The number of ether oxygens (including phenoxy) is 2. The van der Waals surface area contributed by atoms with Crippen LogP contribution in [0.5, 0.6) is 11.5 Å². The Bertz CT molecular complexity index is 919. The summed E-state index contributed by atoms with van der Waals surface area (Å²) in [7, 11) is 0. The number of carbonyl (C=O) groups excluding carboxylic acids is 1. The van der Waals surface area contributed by atoms with Crippen LogP contribution in [0.1, 0.15) is 30.4 Å². The number of fused-ring (bicyclic) bond motifs is 1. The molecule has 3 aliphatic rings. The predicted octanol–water partition coefficient (Wildman–Crippen LogP) is 3.40. The van der Waals surface area contributed by atoms with Crippen molar-refractivity contribution in [2.45, 2.75) is 32.2 Å². The third-order valence-electron chi connectivity index (χ3n) is 7.25. The fourth-order valence-electron chi connectivity index (χ4n) is 5.24. The first-order valence-electron chi connectivity index (χ1n) is 12.4. The molecular formula is C27H35N3O3. The van der Waals surface area contributed by atoms with E-state index in [1.807, 2.05) is 6.07 Å². The van der Waals surface area contributed by atoms with E-state index in [0.717, 1.165) is 83.1 Å². The van der Waals surface area contributed by atoms with Crippen molar-refractivity contribution in [2.24, 2.45) is 5.92 Å². The van der Waals surface area contributed by atoms with E-state index in [1.165, 1.54) is 17.5 Å². The molecule has 5 rings (SSSR count). The van der Waals surface area contributed by atoms with Crippen LogP contribution in [0, 0.1) is 5.92 Å². The Labute approximate surface area is 197 Å². The van der Waals surface area contributed by atoms with Crippen molar-refractivity contribution in [3.63, 3.8) is 0 Å². The van der Waals surface area contributed by atoms with E-state index < -0.39 is 0 Å². The van der Waals surface area contributed by atoms with Crippen molar-refractivity contribution in [3.8, 4) is 11.5 Å². The second-order valence-corrected chi connectivity index (χ2v) is 9.49. The fourth-order valence-corrected chi connectivity index (χ4v) is 5.24. The summed E-state index contributed by atoms with van der Waals surface area (Å²) < 4.78 is 10.9. The van der Waals surface area contributed by atoms with Gasteiger partial charge in [0.25, 0.3) is 0 Å². The molecule has 0 bridgehead atoms. The predicted molar refractivity (Wildman–Crippen MR) is 128 cm³/mol. The highest BCUT2D eigenvalue weighted by Crippen LogP contribution is 2.33. The Hall–Kier alpha value is -2.57. The second-order valence-electron chi connectivity index (χ2n) is 9.49. The Morgan fingerprint density at radius 1 is 0.818 bits per heavy atom. The quantitative estimate of drug-likeness (QED) is 0.648. The van der Waals surface area contributed by atoms with Crippen molar-refractivity contribution in [1.29, 1.82) is 0 Å². The van der Waals surface area contributed by atoms with E-state index in [2.05, 4.69) is 57.2 Å². The second kappa shape index (κ2) is 10.6. The van der Waals surface area contributed by atoms with Gasteiger partial charge in [0.2, 0.25) is 12.7 Å². The van der Waals surface area contributed by atoms with Crippen LogP contribution in [-0.2, 0) is 17.8 Å². The van der Waals surface area contributed by atoms with Crippen molar-refractivity contribution in [1.82, 2.24) is 14.7 Å². The lowest BCUT2D eigenvalue weighted by atomic mass is 9.94. The van der Waals surface area contributed by atoms with Gasteiger partial charge in [0, 0.05) is 38.6 Å². The number of piperidine rings is 1. The summed E-state index contributed by atoms with van der Waals surface area (Å²) in [4.78, 5) is 20.2. The highest BCUT2D eigenvalue weighted by molar-refractivity contribution is 5.79. The van der Waals surface area contributed by atoms with Gasteiger partial charge in [-0.3, -0.25) is 9.69 Å². The van der Waals surface area contributed by atoms with Gasteiger partial charge in [0.1, 0.15) is 0 Å². The number of hydrogen-bond acceptors (Lipinski definition) is 5. The highest BCUT2D eigenvalue weighted by Gasteiger charge is 2.30. The molecule has 3 aliphatic heterocycles. The van der Waals surface area contributed by atoms with E-state index in [1.54, 1.807) is 0 Å². The maximum absolute atomic E-state index is 13.1. The smallest absolute Gasteiger partial charge is 0.231 e. The molecule has 6 nitrogen and oxygen atoms in total. The molecule has 3 heterocycles. The highest BCUT2D eigenvalue weighted by atomic mass is 16.7. The van der Waals surface area contributed by atoms with Gasteiger partial charge in [-0.1, -0.05) is 36.4 Å². The number of nitrogens with zero attached hydrogens (tertiary/aromatic N) is 3. The van der Waals surface area contributed by atoms with Gasteiger partial charge in [-0.15, -0.1) is 0 Å². The minimum atomic E-state index is 0.204. The van der Waals surface area contributed by atoms with Crippen LogP contribution in [0.15, 0.2) is 48.5 Å². The molecule has 176 valence electrons. The van der Waals surface area contributed by atoms with E-state index in [0.29, 0.717) is 12.7 Å². The number of rotatable bonds is 7. The number of benzene rings is 2. The van der Waals surface area contributed by atoms with Gasteiger partial charge >= 0.3 is 0 Å². The van der Waals surface area contributed by atoms with Gasteiger partial charge in [-0.2, -0.15) is 0 Å². The standard InChI is InChI=1S/C27H35N3O3/c31-27(24-10-13-28(14-11-24)12-4-7-22-5-2-1-3-6-22)30-17-15-29(16-18-30)20-23-8-9-25-26(19-23)33-21-32-25/h1-3,5-6,8-9,19,24H,4,7,10-18,20-21H2. The van der Waals surface area contributed by atoms with E-state index >= 15 is 0 Å². The molecule has 0 aromatic heterocycles. The monoisotopic (exact) mass is 449 g/mol. The van der Waals surface area contributed by atoms with Crippen LogP contribution in [0.4, 0.5) is 0 Å². The normalized spacial score (nSPS) is 19.7. The van der Waals surface area contributed by atoms with Gasteiger partial charge in [-0.25, -0.2) is 0 Å². The molecule has 1 amide bonds. The van der Waals surface area contributed by atoms with Gasteiger partial charge < -0.3 is 19.3 Å². The molecule has 0 spiro atoms. The van der Waals surface area contributed by atoms with Crippen molar-refractivity contribution < 1.29 is 14.3 Å². The molecule has 0 saturated carbocycles. The molecule has 33 heavy (non-hydrogen) atoms. The molecule has 6 heteroatoms. The zero-order valence-electron chi connectivity index (χ0n) is 19.5. The number of carbonyl (C=O) groups is 1. The molecule has 0 unspecified atom stereocenters. The Kier molecular flexibility index (Phi) is 7.12. The van der Waals surface area contributed by atoms with E-state index in [9.17, 15) is 4.79 Å². The molecule has 0 N–H and O–H groups in total. The minimum absolute atomic E-state index is 0.204. The van der Waals surface area contributed by atoms with Crippen molar-refractivity contribution in [2.75, 3.05) is 52.6 Å². The summed E-state index contributed by atoms with van der Waals surface area (Å²) in [6.45, 7) is 7.96. The van der Waals surface area contributed by atoms with E-state index in [4.69, 9.17) is 9.47 Å². The average Bonchev–Trinajstić information content (AvgIpc) is 3.33. The lowest BCUT2D eigenvalue weighted by Gasteiger charge is -2.38. The average molecular weight is 450 g/mol. The first-order chi connectivity index (χ1) is 16.2. The summed E-state index contributed by atoms with van der Waals surface area (Å²) in [5.74, 6) is 2.25. The van der Waals surface area contributed by atoms with Crippen molar-refractivity contribution >= 4 is 5.91 Å². The Morgan fingerprint density at radius 3 is 2.36 bits per heavy atom. The van der Waals surface area contributed by atoms with E-state index in [-0.39, 0.29) is 5.92 Å². The first-order valence-corrected chi connectivity index (χ1v) is 12.4. The maximum Gasteiger partial charge on any atom is 0.231 e. The molecular weight excluding hydrogens is 414 g/mol. The third kappa shape index (κ3) is 5.68. The van der Waals surface area contributed by atoms with Crippen LogP contribution < -0.4 is 9.47 Å². The van der Waals surface area contributed by atoms with Crippen LogP contribution in [-0.4, -0.2) is 73.2 Å². The minimum Gasteiger partial charge on any atom is -0.454 e. The van der Waals surface area contributed by atoms with Gasteiger partial charge in [-0.05, 0) is 68.6 Å². The molecule has 0 atom stereocenters. The molecule has 2 fully saturated rings. The van der Waals surface area contributed by atoms with Crippen molar-refractivity contribution in [3.05, 3.63) is 59.7 Å². The number of amides is 1. The fraction of sp³-hybridized carbons (Fsp3) is 0.519. The number of likely N-dealkylation sites (tertiary alicyclic amines) is 1. The van der Waals surface area contributed by atoms with Crippen LogP contribution in [0.3, 0.4) is 0 Å². The van der Waals surface area contributed by atoms with Crippen LogP contribution in [0.2, 0.25) is 0 Å². The summed E-state index contributed by atoms with van der Waals surface area (Å²) in [6, 6.07) is 16.9. The maximum atomic E-state index is 13.1. The molecule has 0 aliphatic carbocycles. The lowest BCUT2D eigenvalue weighted by Crippen LogP contribution is -2.51. The van der Waals surface area contributed by atoms with Crippen LogP contribution >= 0.6 is 0 Å². The number of aryl methyl sites for hydroxylation is 1. The molecule has 2 aromatic carbocycles. The first kappa shape index (κ1) is 22.2. The zero-order chi connectivity index (χ0) is 22.5. The molecule has 2 aromatic rings. The summed E-state index contributed by atoms with van der Waals surface area (Å²) >= 11 is 0. The summed E-state index contributed by atoms with van der Waals surface area (Å²) in [5.41, 5.74) is 2.65. The zero-order valence-corrected chi connectivity index (χ0v) is 19.5. The third-order valence-corrected chi connectivity index (χ3v) is 7.25. The molecule has 0 radical (unpaired) electrons. The van der Waals surface area contributed by atoms with Crippen LogP contribution in [0.25, 0.3) is 0 Å². The SMILES string of the molecule is O=C(C1CCN(CCCc2ccccc2)CC1)N1CCN(Cc2ccc3c(c2)OCO3)CC1. The number of hydrogen-bond donors (Lipinski definition) is 0. The lowest BCUT2D eigenvalue weighted by molar-refractivity contribution is -0.139. The summed E-state index contributed by atoms with van der Waals surface area (Å²) in [5, 5.41) is 0. The van der Waals surface area contributed by atoms with Gasteiger partial charge in [0.15, 0.2) is 11.5 Å². The topological polar surface area (TPSA) is 45.3 Å². The van der Waals surface area contributed by atoms with Gasteiger partial charge in [0.05, 0.1) is 0 Å². The Morgan fingerprint density at radius 2 is 1.58 bits per heavy atom. The Balaban J connectivity index is 1.01. The largest absolute Gasteiger partial charge is 0.454 e. The molecule has 2 saturated heterocycles.